The summed E-state index contributed by atoms with van der Waals surface area (Å²) in [6.07, 6.45) is 0. The van der Waals surface area contributed by atoms with Crippen molar-refractivity contribution in [2.45, 2.75) is 6.04 Å². The maximum absolute atomic E-state index is 13.1. The molecular weight excluding hydrogens is 219 g/mol. The number of carbonyl (C=O) groups is 1. The molecule has 2 N–H and O–H groups in total. The van der Waals surface area contributed by atoms with E-state index in [-0.39, 0.29) is 5.91 Å². The summed E-state index contributed by atoms with van der Waals surface area (Å²) in [7, 11) is 0. The minimum atomic E-state index is -0.507. The number of benzene rings is 1. The first-order chi connectivity index (χ1) is 7.16. The molecule has 0 spiro atoms. The van der Waals surface area contributed by atoms with Crippen molar-refractivity contribution in [2.75, 3.05) is 13.1 Å². The highest BCUT2D eigenvalue weighted by atomic mass is 35.5. The van der Waals surface area contributed by atoms with Crippen LogP contribution in [0.15, 0.2) is 18.2 Å². The van der Waals surface area contributed by atoms with Crippen LogP contribution < -0.4 is 10.6 Å². The van der Waals surface area contributed by atoms with Crippen molar-refractivity contribution < 1.29 is 9.18 Å². The Balaban J connectivity index is 2.31. The van der Waals surface area contributed by atoms with E-state index in [1.807, 2.05) is 0 Å². The van der Waals surface area contributed by atoms with Crippen LogP contribution in [0.5, 0.6) is 0 Å². The highest BCUT2D eigenvalue weighted by molar-refractivity contribution is 6.30. The third-order valence-corrected chi connectivity index (χ3v) is 2.47. The topological polar surface area (TPSA) is 41.1 Å². The highest BCUT2D eigenvalue weighted by Crippen LogP contribution is 2.20. The van der Waals surface area contributed by atoms with Gasteiger partial charge < -0.3 is 10.6 Å². The van der Waals surface area contributed by atoms with E-state index in [9.17, 15) is 9.18 Å². The van der Waals surface area contributed by atoms with Gasteiger partial charge in [0.2, 0.25) is 5.91 Å². The number of hydrogen-bond acceptors (Lipinski definition) is 2. The number of halogens is 2. The van der Waals surface area contributed by atoms with Crippen molar-refractivity contribution >= 4 is 17.5 Å². The van der Waals surface area contributed by atoms with Crippen LogP contribution in [-0.4, -0.2) is 19.0 Å². The van der Waals surface area contributed by atoms with Crippen molar-refractivity contribution in [2.24, 2.45) is 0 Å². The van der Waals surface area contributed by atoms with Crippen LogP contribution in [0.3, 0.4) is 0 Å². The molecule has 1 aromatic rings. The van der Waals surface area contributed by atoms with Gasteiger partial charge in [-0.15, -0.1) is 0 Å². The molecule has 80 valence electrons. The Kier molecular flexibility index (Phi) is 2.88. The van der Waals surface area contributed by atoms with Crippen LogP contribution in [0.4, 0.5) is 4.39 Å². The zero-order chi connectivity index (χ0) is 10.8. The number of hydrogen-bond donors (Lipinski definition) is 2. The van der Waals surface area contributed by atoms with Gasteiger partial charge in [-0.1, -0.05) is 11.6 Å². The van der Waals surface area contributed by atoms with Gasteiger partial charge in [0.15, 0.2) is 0 Å². The van der Waals surface area contributed by atoms with E-state index in [0.29, 0.717) is 23.7 Å². The lowest BCUT2D eigenvalue weighted by atomic mass is 10.0. The summed E-state index contributed by atoms with van der Waals surface area (Å²) in [6.45, 7) is 1.27. The molecule has 0 aliphatic carbocycles. The standard InChI is InChI=1S/C10H10ClFN2O/c11-7-3-6(4-8(12)5-7)9-10(15)14-2-1-13-9/h3-5,9,13H,1-2H2,(H,14,15). The van der Waals surface area contributed by atoms with E-state index in [4.69, 9.17) is 11.6 Å². The Morgan fingerprint density at radius 2 is 2.13 bits per heavy atom. The van der Waals surface area contributed by atoms with Crippen molar-refractivity contribution in [1.82, 2.24) is 10.6 Å². The second-order valence-corrected chi connectivity index (χ2v) is 3.82. The molecule has 1 aliphatic rings. The maximum atomic E-state index is 13.1. The SMILES string of the molecule is O=C1NCCNC1c1cc(F)cc(Cl)c1. The third kappa shape index (κ3) is 2.27. The van der Waals surface area contributed by atoms with E-state index < -0.39 is 11.9 Å². The fourth-order valence-corrected chi connectivity index (χ4v) is 1.84. The Bertz CT molecular complexity index is 377. The molecule has 0 saturated carbocycles. The van der Waals surface area contributed by atoms with Gasteiger partial charge in [-0.2, -0.15) is 0 Å². The molecule has 1 fully saturated rings. The Morgan fingerprint density at radius 3 is 2.80 bits per heavy atom. The van der Waals surface area contributed by atoms with Crippen LogP contribution in [0.1, 0.15) is 11.6 Å². The molecule has 1 aromatic carbocycles. The normalized spacial score (nSPS) is 21.2. The highest BCUT2D eigenvalue weighted by Gasteiger charge is 2.23. The van der Waals surface area contributed by atoms with E-state index >= 15 is 0 Å². The summed E-state index contributed by atoms with van der Waals surface area (Å²) in [4.78, 5) is 11.5. The van der Waals surface area contributed by atoms with Crippen LogP contribution in [-0.2, 0) is 4.79 Å². The molecule has 1 amide bonds. The van der Waals surface area contributed by atoms with Crippen molar-refractivity contribution in [3.05, 3.63) is 34.6 Å². The molecule has 1 saturated heterocycles. The fourth-order valence-electron chi connectivity index (χ4n) is 1.61. The fraction of sp³-hybridized carbons (Fsp3) is 0.300. The molecule has 15 heavy (non-hydrogen) atoms. The first kappa shape index (κ1) is 10.4. The van der Waals surface area contributed by atoms with E-state index in [0.717, 1.165) is 0 Å². The van der Waals surface area contributed by atoms with Crippen LogP contribution in [0, 0.1) is 5.82 Å². The predicted octanol–water partition coefficient (Wildman–Crippen LogP) is 1.24. The average molecular weight is 229 g/mol. The minimum Gasteiger partial charge on any atom is -0.353 e. The van der Waals surface area contributed by atoms with E-state index in [1.165, 1.54) is 12.1 Å². The lowest BCUT2D eigenvalue weighted by Crippen LogP contribution is -2.47. The number of amides is 1. The van der Waals surface area contributed by atoms with Crippen molar-refractivity contribution in [3.63, 3.8) is 0 Å². The molecule has 5 heteroatoms. The lowest BCUT2D eigenvalue weighted by molar-refractivity contribution is -0.124. The Morgan fingerprint density at radius 1 is 1.33 bits per heavy atom. The lowest BCUT2D eigenvalue weighted by Gasteiger charge is -2.23. The van der Waals surface area contributed by atoms with Gasteiger partial charge in [0.05, 0.1) is 0 Å². The quantitative estimate of drug-likeness (QED) is 0.760. The first-order valence-electron chi connectivity index (χ1n) is 4.64. The van der Waals surface area contributed by atoms with Crippen LogP contribution in [0.25, 0.3) is 0 Å². The molecule has 1 heterocycles. The van der Waals surface area contributed by atoms with Crippen LogP contribution >= 0.6 is 11.6 Å². The Labute approximate surface area is 91.6 Å². The molecule has 1 unspecified atom stereocenters. The minimum absolute atomic E-state index is 0.150. The van der Waals surface area contributed by atoms with Gasteiger partial charge in [0.25, 0.3) is 0 Å². The van der Waals surface area contributed by atoms with Crippen LogP contribution in [0.2, 0.25) is 5.02 Å². The molecule has 0 bridgehead atoms. The second-order valence-electron chi connectivity index (χ2n) is 3.38. The summed E-state index contributed by atoms with van der Waals surface area (Å²) in [5, 5.41) is 6.00. The molecular formula is C10H10ClFN2O. The van der Waals surface area contributed by atoms with Crippen molar-refractivity contribution in [3.8, 4) is 0 Å². The molecule has 2 rings (SSSR count). The molecule has 1 aliphatic heterocycles. The smallest absolute Gasteiger partial charge is 0.241 e. The van der Waals surface area contributed by atoms with Gasteiger partial charge in [0, 0.05) is 18.1 Å². The van der Waals surface area contributed by atoms with E-state index in [1.54, 1.807) is 6.07 Å². The number of piperazine rings is 1. The average Bonchev–Trinajstić information content (AvgIpc) is 2.16. The maximum Gasteiger partial charge on any atom is 0.241 e. The zero-order valence-electron chi connectivity index (χ0n) is 7.89. The first-order valence-corrected chi connectivity index (χ1v) is 5.02. The number of nitrogens with one attached hydrogen (secondary N) is 2. The summed E-state index contributed by atoms with van der Waals surface area (Å²) >= 11 is 5.72. The largest absolute Gasteiger partial charge is 0.353 e. The van der Waals surface area contributed by atoms with Crippen molar-refractivity contribution in [1.29, 1.82) is 0 Å². The summed E-state index contributed by atoms with van der Waals surface area (Å²) in [5.74, 6) is -0.583. The third-order valence-electron chi connectivity index (χ3n) is 2.25. The Hall–Kier alpha value is -1.13. The van der Waals surface area contributed by atoms with Gasteiger partial charge >= 0.3 is 0 Å². The van der Waals surface area contributed by atoms with Gasteiger partial charge in [-0.3, -0.25) is 4.79 Å². The zero-order valence-corrected chi connectivity index (χ0v) is 8.64. The van der Waals surface area contributed by atoms with Gasteiger partial charge in [0.1, 0.15) is 11.9 Å². The number of carbonyl (C=O) groups excluding carboxylic acids is 1. The molecule has 3 nitrogen and oxygen atoms in total. The monoisotopic (exact) mass is 228 g/mol. The number of rotatable bonds is 1. The van der Waals surface area contributed by atoms with E-state index in [2.05, 4.69) is 10.6 Å². The van der Waals surface area contributed by atoms with Gasteiger partial charge in [-0.05, 0) is 23.8 Å². The molecule has 0 radical (unpaired) electrons. The molecule has 1 atom stereocenters. The predicted molar refractivity (Wildman–Crippen MR) is 55.2 cm³/mol. The van der Waals surface area contributed by atoms with Gasteiger partial charge in [-0.25, -0.2) is 4.39 Å². The summed E-state index contributed by atoms with van der Waals surface area (Å²) in [6, 6.07) is 3.61. The molecule has 0 aromatic heterocycles. The summed E-state index contributed by atoms with van der Waals surface area (Å²) in [5.41, 5.74) is 0.553. The summed E-state index contributed by atoms with van der Waals surface area (Å²) < 4.78 is 13.1. The second kappa shape index (κ2) is 4.16.